The predicted molar refractivity (Wildman–Crippen MR) is 236 cm³/mol. The molecule has 1 fully saturated rings. The minimum absolute atomic E-state index is 0.120. The van der Waals surface area contributed by atoms with Gasteiger partial charge in [0.25, 0.3) is 14.1 Å². The molecule has 1 aliphatic rings. The Morgan fingerprint density at radius 2 is 1.44 bits per heavy atom. The van der Waals surface area contributed by atoms with Crippen LogP contribution in [0.1, 0.15) is 76.8 Å². The van der Waals surface area contributed by atoms with E-state index in [-0.39, 0.29) is 24.7 Å². The molecule has 3 aromatic carbocycles. The van der Waals surface area contributed by atoms with Crippen molar-refractivity contribution in [3.05, 3.63) is 128 Å². The second-order valence-electron chi connectivity index (χ2n) is 16.4. The lowest BCUT2D eigenvalue weighted by Crippen LogP contribution is -2.50. The monoisotopic (exact) mass is 878 g/mol. The van der Waals surface area contributed by atoms with Gasteiger partial charge in [0, 0.05) is 13.1 Å². The van der Waals surface area contributed by atoms with E-state index < -0.39 is 64.1 Å². The number of halogens is 1. The predicted octanol–water partition coefficient (Wildman–Crippen LogP) is 8.65. The summed E-state index contributed by atoms with van der Waals surface area (Å²) in [6.07, 6.45) is -1.60. The number of aromatic nitrogens is 2. The van der Waals surface area contributed by atoms with E-state index in [1.807, 2.05) is 78.9 Å². The van der Waals surface area contributed by atoms with Gasteiger partial charge >= 0.3 is 5.69 Å². The van der Waals surface area contributed by atoms with Crippen molar-refractivity contribution in [1.29, 1.82) is 5.26 Å². The molecule has 16 heteroatoms. The van der Waals surface area contributed by atoms with E-state index in [0.29, 0.717) is 24.6 Å². The molecule has 1 saturated heterocycles. The average Bonchev–Trinajstić information content (AvgIpc) is 3.57. The fourth-order valence-electron chi connectivity index (χ4n) is 7.01. The number of methoxy groups -OCH3 is 2. The number of nitrogens with zero attached hydrogens (tertiary/aromatic N) is 3. The molecule has 4 aromatic rings. The van der Waals surface area contributed by atoms with Crippen LogP contribution < -0.4 is 20.7 Å². The van der Waals surface area contributed by atoms with E-state index in [1.54, 1.807) is 14.2 Å². The zero-order valence-corrected chi connectivity index (χ0v) is 38.6. The first kappa shape index (κ1) is 47.8. The van der Waals surface area contributed by atoms with Crippen LogP contribution in [-0.4, -0.2) is 81.4 Å². The third-order valence-electron chi connectivity index (χ3n) is 11.2. The number of benzene rings is 3. The molecular weight excluding hydrogens is 819 g/mol. The molecule has 2 heterocycles. The number of hydrogen-bond donors (Lipinski definition) is 1. The maximum atomic E-state index is 15.2. The summed E-state index contributed by atoms with van der Waals surface area (Å²) in [6, 6.07) is 27.2. The summed E-state index contributed by atoms with van der Waals surface area (Å²) >= 11 is 0. The Labute approximate surface area is 360 Å². The van der Waals surface area contributed by atoms with Gasteiger partial charge in [-0.25, -0.2) is 9.46 Å². The van der Waals surface area contributed by atoms with Gasteiger partial charge < -0.3 is 32.4 Å². The van der Waals surface area contributed by atoms with Crippen LogP contribution in [0.5, 0.6) is 11.5 Å². The highest BCUT2D eigenvalue weighted by atomic mass is 31.2. The fourth-order valence-corrected chi connectivity index (χ4v) is 10.1. The molecule has 13 nitrogen and oxygen atoms in total. The Bertz CT molecular complexity index is 2110. The van der Waals surface area contributed by atoms with Crippen molar-refractivity contribution in [3.8, 4) is 17.6 Å². The number of H-pyrrole nitrogens is 1. The number of hydrogen-bond acceptors (Lipinski definition) is 11. The quantitative estimate of drug-likeness (QED) is 0.0371. The standard InChI is InChI=1S/C45H60FN4O9PSi/c1-10-27-49(28-11-2)60(56-29-15-26-47)58-39-38(57-42(40(39)59-61(8,9)44(3,4)5)50-30-37(46)41(51)48-43(50)52)31-55-45(32-16-13-12-14-17-32,33-18-22-35(53-6)23-19-33)34-20-24-36(54-7)25-21-34/h12-14,16-25,30,38-40,42H,10-11,15,27-29,31H2,1-9H3,(H,48,51,52)/t38-,39-,40-,42-,60?/m1/s1. The summed E-state index contributed by atoms with van der Waals surface area (Å²) in [5, 5.41) is 9.17. The van der Waals surface area contributed by atoms with Crippen LogP contribution in [0.25, 0.3) is 0 Å². The molecule has 0 aliphatic carbocycles. The first-order valence-corrected chi connectivity index (χ1v) is 24.7. The molecule has 0 amide bonds. The number of ether oxygens (including phenoxy) is 4. The Kier molecular flexibility index (Phi) is 16.6. The molecular formula is C45H60FN4O9PSi. The lowest BCUT2D eigenvalue weighted by Gasteiger charge is -2.41. The van der Waals surface area contributed by atoms with Crippen LogP contribution >= 0.6 is 8.53 Å². The maximum absolute atomic E-state index is 15.2. The largest absolute Gasteiger partial charge is 0.497 e. The average molecular weight is 879 g/mol. The van der Waals surface area contributed by atoms with Gasteiger partial charge in [-0.05, 0) is 71.9 Å². The highest BCUT2D eigenvalue weighted by Gasteiger charge is 2.54. The van der Waals surface area contributed by atoms with Crippen molar-refractivity contribution >= 4 is 16.8 Å². The molecule has 1 N–H and O–H groups in total. The summed E-state index contributed by atoms with van der Waals surface area (Å²) in [7, 11) is -1.35. The van der Waals surface area contributed by atoms with Crippen molar-refractivity contribution in [2.75, 3.05) is 40.5 Å². The van der Waals surface area contributed by atoms with E-state index in [1.165, 1.54) is 0 Å². The minimum atomic E-state index is -2.73. The van der Waals surface area contributed by atoms with Gasteiger partial charge in [-0.3, -0.25) is 14.3 Å². The van der Waals surface area contributed by atoms with Crippen molar-refractivity contribution in [2.24, 2.45) is 0 Å². The zero-order chi connectivity index (χ0) is 44.4. The Morgan fingerprint density at radius 1 is 0.885 bits per heavy atom. The van der Waals surface area contributed by atoms with Crippen LogP contribution in [0.2, 0.25) is 18.1 Å². The highest BCUT2D eigenvalue weighted by molar-refractivity contribution is 7.44. The normalized spacial score (nSPS) is 18.9. The van der Waals surface area contributed by atoms with E-state index in [9.17, 15) is 14.9 Å². The first-order chi connectivity index (χ1) is 29.1. The van der Waals surface area contributed by atoms with Crippen molar-refractivity contribution < 1.29 is 36.8 Å². The van der Waals surface area contributed by atoms with Gasteiger partial charge in [-0.1, -0.05) is 89.2 Å². The first-order valence-electron chi connectivity index (χ1n) is 20.7. The third kappa shape index (κ3) is 11.1. The van der Waals surface area contributed by atoms with Crippen molar-refractivity contribution in [2.45, 2.75) is 102 Å². The summed E-state index contributed by atoms with van der Waals surface area (Å²) in [5.41, 5.74) is -0.906. The molecule has 5 rings (SSSR count). The molecule has 1 unspecified atom stereocenters. The molecule has 5 atom stereocenters. The molecule has 61 heavy (non-hydrogen) atoms. The number of aromatic amines is 1. The van der Waals surface area contributed by atoms with Gasteiger partial charge in [0.1, 0.15) is 35.4 Å². The summed E-state index contributed by atoms with van der Waals surface area (Å²) in [6.45, 7) is 15.8. The van der Waals surface area contributed by atoms with E-state index in [2.05, 4.69) is 63.4 Å². The Balaban J connectivity index is 1.73. The fraction of sp³-hybridized carbons (Fsp3) is 0.489. The lowest BCUT2D eigenvalue weighted by atomic mass is 9.80. The molecule has 0 radical (unpaired) electrons. The summed E-state index contributed by atoms with van der Waals surface area (Å²) in [4.78, 5) is 28.0. The van der Waals surface area contributed by atoms with Crippen molar-refractivity contribution in [3.63, 3.8) is 0 Å². The van der Waals surface area contributed by atoms with Crippen LogP contribution in [0.15, 0.2) is 94.6 Å². The summed E-state index contributed by atoms with van der Waals surface area (Å²) < 4.78 is 64.4. The van der Waals surface area contributed by atoms with Crippen LogP contribution in [0.3, 0.4) is 0 Å². The molecule has 0 spiro atoms. The van der Waals surface area contributed by atoms with Gasteiger partial charge in [0.2, 0.25) is 5.82 Å². The van der Waals surface area contributed by atoms with E-state index in [0.717, 1.165) is 40.3 Å². The van der Waals surface area contributed by atoms with Crippen molar-refractivity contribution in [1.82, 2.24) is 14.2 Å². The molecule has 330 valence electrons. The smallest absolute Gasteiger partial charge is 0.330 e. The van der Waals surface area contributed by atoms with E-state index >= 15 is 4.39 Å². The number of nitrogens with one attached hydrogen (secondary N) is 1. The highest BCUT2D eigenvalue weighted by Crippen LogP contribution is 2.51. The third-order valence-corrected chi connectivity index (χ3v) is 17.3. The second-order valence-corrected chi connectivity index (χ2v) is 22.6. The number of nitriles is 1. The van der Waals surface area contributed by atoms with Gasteiger partial charge in [0.15, 0.2) is 14.5 Å². The van der Waals surface area contributed by atoms with Gasteiger partial charge in [-0.15, -0.1) is 0 Å². The number of rotatable bonds is 21. The molecule has 1 aromatic heterocycles. The van der Waals surface area contributed by atoms with Crippen LogP contribution in [-0.2, 0) is 28.5 Å². The lowest BCUT2D eigenvalue weighted by molar-refractivity contribution is -0.0943. The summed E-state index contributed by atoms with van der Waals surface area (Å²) in [5.74, 6) is 0.162. The second kappa shape index (κ2) is 21.2. The van der Waals surface area contributed by atoms with Gasteiger partial charge in [0.05, 0.1) is 46.1 Å². The topological polar surface area (TPSA) is 146 Å². The minimum Gasteiger partial charge on any atom is -0.497 e. The van der Waals surface area contributed by atoms with E-state index in [4.69, 9.17) is 32.4 Å². The molecule has 1 aliphatic heterocycles. The molecule has 0 bridgehead atoms. The molecule has 0 saturated carbocycles. The van der Waals surface area contributed by atoms with Gasteiger partial charge in [-0.2, -0.15) is 9.65 Å². The maximum Gasteiger partial charge on any atom is 0.330 e. The zero-order valence-electron chi connectivity index (χ0n) is 36.7. The Hall–Kier alpha value is -4.23. The van der Waals surface area contributed by atoms with Crippen LogP contribution in [0, 0.1) is 17.1 Å². The SMILES string of the molecule is CCCN(CCC)P(OCCC#N)O[C@H]1[C@@H](O[Si](C)(C)C(C)(C)C)[C@H](n2cc(F)c(=O)[nH]c2=O)O[C@@H]1COC(c1ccccc1)(c1ccc(OC)cc1)c1ccc(OC)cc1. The van der Waals surface area contributed by atoms with Crippen LogP contribution in [0.4, 0.5) is 4.39 Å². The Morgan fingerprint density at radius 3 is 1.95 bits per heavy atom.